The fourth-order valence-electron chi connectivity index (χ4n) is 2.75. The van der Waals surface area contributed by atoms with Gasteiger partial charge in [-0.05, 0) is 50.2 Å². The molecule has 0 spiro atoms. The Hall–Kier alpha value is -3.41. The average Bonchev–Trinajstić information content (AvgIpc) is 3.11. The summed E-state index contributed by atoms with van der Waals surface area (Å²) in [5, 5.41) is 0. The molecule has 0 atom stereocenters. The van der Waals surface area contributed by atoms with Gasteiger partial charge in [0, 0.05) is 18.5 Å². The SMILES string of the molecule is CC(C)Oc1cc(OCc2ccccn2)ccc1-c1nc2ncccc2[nH]1. The first-order valence-electron chi connectivity index (χ1n) is 8.83. The van der Waals surface area contributed by atoms with Crippen LogP contribution in [0.15, 0.2) is 60.9 Å². The monoisotopic (exact) mass is 360 g/mol. The minimum absolute atomic E-state index is 0.0253. The van der Waals surface area contributed by atoms with Crippen molar-refractivity contribution in [3.05, 3.63) is 66.6 Å². The van der Waals surface area contributed by atoms with Crippen LogP contribution in [-0.4, -0.2) is 26.0 Å². The molecule has 6 heteroatoms. The van der Waals surface area contributed by atoms with E-state index in [2.05, 4.69) is 19.9 Å². The average molecular weight is 360 g/mol. The maximum absolute atomic E-state index is 6.01. The van der Waals surface area contributed by atoms with Gasteiger partial charge in [0.05, 0.1) is 22.9 Å². The number of hydrogen-bond donors (Lipinski definition) is 1. The van der Waals surface area contributed by atoms with Crippen LogP contribution in [0.3, 0.4) is 0 Å². The van der Waals surface area contributed by atoms with Gasteiger partial charge in [-0.1, -0.05) is 6.07 Å². The van der Waals surface area contributed by atoms with Gasteiger partial charge in [0.2, 0.25) is 0 Å². The number of hydrogen-bond acceptors (Lipinski definition) is 5. The Morgan fingerprint density at radius 1 is 1.00 bits per heavy atom. The molecule has 6 nitrogen and oxygen atoms in total. The van der Waals surface area contributed by atoms with E-state index in [0.717, 1.165) is 22.6 Å². The molecule has 4 rings (SSSR count). The minimum Gasteiger partial charge on any atom is -0.490 e. The van der Waals surface area contributed by atoms with Crippen molar-refractivity contribution in [2.24, 2.45) is 0 Å². The summed E-state index contributed by atoms with van der Waals surface area (Å²) in [5.74, 6) is 2.15. The summed E-state index contributed by atoms with van der Waals surface area (Å²) < 4.78 is 11.9. The molecule has 1 N–H and O–H groups in total. The highest BCUT2D eigenvalue weighted by Gasteiger charge is 2.14. The molecule has 0 saturated carbocycles. The van der Waals surface area contributed by atoms with Gasteiger partial charge < -0.3 is 14.5 Å². The summed E-state index contributed by atoms with van der Waals surface area (Å²) in [6.45, 7) is 4.38. The molecule has 0 aliphatic rings. The number of H-pyrrole nitrogens is 1. The third kappa shape index (κ3) is 3.89. The Labute approximate surface area is 157 Å². The summed E-state index contributed by atoms with van der Waals surface area (Å²) in [6, 6.07) is 15.3. The van der Waals surface area contributed by atoms with Crippen LogP contribution in [0.2, 0.25) is 0 Å². The van der Waals surface area contributed by atoms with Crippen molar-refractivity contribution in [2.75, 3.05) is 0 Å². The van der Waals surface area contributed by atoms with E-state index >= 15 is 0 Å². The summed E-state index contributed by atoms with van der Waals surface area (Å²) >= 11 is 0. The molecule has 0 bridgehead atoms. The van der Waals surface area contributed by atoms with E-state index < -0.39 is 0 Å². The quantitative estimate of drug-likeness (QED) is 0.552. The minimum atomic E-state index is 0.0253. The number of nitrogens with one attached hydrogen (secondary N) is 1. The summed E-state index contributed by atoms with van der Waals surface area (Å²) in [4.78, 5) is 16.4. The maximum Gasteiger partial charge on any atom is 0.178 e. The maximum atomic E-state index is 6.01. The highest BCUT2D eigenvalue weighted by molar-refractivity contribution is 5.77. The molecule has 0 fully saturated rings. The molecule has 0 saturated heterocycles. The van der Waals surface area contributed by atoms with Gasteiger partial charge in [0.1, 0.15) is 23.9 Å². The molecule has 0 unspecified atom stereocenters. The lowest BCUT2D eigenvalue weighted by molar-refractivity contribution is 0.240. The largest absolute Gasteiger partial charge is 0.490 e. The van der Waals surface area contributed by atoms with Gasteiger partial charge in [-0.25, -0.2) is 9.97 Å². The normalized spacial score (nSPS) is 11.1. The van der Waals surface area contributed by atoms with Crippen LogP contribution in [0.1, 0.15) is 19.5 Å². The Morgan fingerprint density at radius 3 is 2.67 bits per heavy atom. The first-order chi connectivity index (χ1) is 13.2. The number of imidazole rings is 1. The molecule has 3 aromatic heterocycles. The van der Waals surface area contributed by atoms with E-state index in [4.69, 9.17) is 9.47 Å². The van der Waals surface area contributed by atoms with E-state index in [9.17, 15) is 0 Å². The van der Waals surface area contributed by atoms with Gasteiger partial charge in [-0.2, -0.15) is 0 Å². The predicted octanol–water partition coefficient (Wildman–Crippen LogP) is 4.39. The van der Waals surface area contributed by atoms with E-state index in [0.29, 0.717) is 23.8 Å². The molecule has 1 aromatic carbocycles. The van der Waals surface area contributed by atoms with Gasteiger partial charge in [0.15, 0.2) is 5.65 Å². The molecule has 0 radical (unpaired) electrons. The lowest BCUT2D eigenvalue weighted by Crippen LogP contribution is -2.07. The Kier molecular flexibility index (Phi) is 4.70. The zero-order valence-electron chi connectivity index (χ0n) is 15.2. The summed E-state index contributed by atoms with van der Waals surface area (Å²) in [6.07, 6.45) is 3.51. The second kappa shape index (κ2) is 7.45. The van der Waals surface area contributed by atoms with Crippen LogP contribution in [0.5, 0.6) is 11.5 Å². The molecule has 136 valence electrons. The van der Waals surface area contributed by atoms with Crippen molar-refractivity contribution in [1.82, 2.24) is 19.9 Å². The van der Waals surface area contributed by atoms with Crippen molar-refractivity contribution in [2.45, 2.75) is 26.6 Å². The number of fused-ring (bicyclic) bond motifs is 1. The van der Waals surface area contributed by atoms with E-state index in [-0.39, 0.29) is 6.10 Å². The molecule has 0 aliphatic heterocycles. The van der Waals surface area contributed by atoms with E-state index in [1.807, 2.05) is 62.4 Å². The molecule has 4 aromatic rings. The standard InChI is InChI=1S/C21H20N4O2/c1-14(2)27-19-12-16(26-13-15-6-3-4-10-22-15)8-9-17(19)20-24-18-7-5-11-23-21(18)25-20/h3-12,14H,13H2,1-2H3,(H,23,24,25). The lowest BCUT2D eigenvalue weighted by Gasteiger charge is -2.15. The zero-order chi connectivity index (χ0) is 18.6. The van der Waals surface area contributed by atoms with Crippen LogP contribution in [0, 0.1) is 0 Å². The van der Waals surface area contributed by atoms with E-state index in [1.54, 1.807) is 12.4 Å². The van der Waals surface area contributed by atoms with Crippen molar-refractivity contribution in [1.29, 1.82) is 0 Å². The fraction of sp³-hybridized carbons (Fsp3) is 0.190. The van der Waals surface area contributed by atoms with Crippen molar-refractivity contribution in [3.63, 3.8) is 0 Å². The van der Waals surface area contributed by atoms with Crippen LogP contribution in [-0.2, 0) is 6.61 Å². The Morgan fingerprint density at radius 2 is 1.89 bits per heavy atom. The fourth-order valence-corrected chi connectivity index (χ4v) is 2.75. The summed E-state index contributed by atoms with van der Waals surface area (Å²) in [7, 11) is 0. The van der Waals surface area contributed by atoms with Gasteiger partial charge in [-0.3, -0.25) is 4.98 Å². The lowest BCUT2D eigenvalue weighted by atomic mass is 10.1. The second-order valence-electron chi connectivity index (χ2n) is 6.39. The topological polar surface area (TPSA) is 72.9 Å². The summed E-state index contributed by atoms with van der Waals surface area (Å²) in [5.41, 5.74) is 3.31. The molecule has 0 amide bonds. The van der Waals surface area contributed by atoms with Crippen LogP contribution >= 0.6 is 0 Å². The van der Waals surface area contributed by atoms with Gasteiger partial charge >= 0.3 is 0 Å². The first-order valence-corrected chi connectivity index (χ1v) is 8.83. The predicted molar refractivity (Wildman–Crippen MR) is 104 cm³/mol. The molecular formula is C21H20N4O2. The molecule has 3 heterocycles. The van der Waals surface area contributed by atoms with Crippen molar-refractivity contribution in [3.8, 4) is 22.9 Å². The zero-order valence-corrected chi connectivity index (χ0v) is 15.2. The van der Waals surface area contributed by atoms with Gasteiger partial charge in [-0.15, -0.1) is 0 Å². The molecule has 0 aliphatic carbocycles. The van der Waals surface area contributed by atoms with Crippen molar-refractivity contribution < 1.29 is 9.47 Å². The number of aromatic nitrogens is 4. The Balaban J connectivity index is 1.64. The number of pyridine rings is 2. The number of rotatable bonds is 6. The van der Waals surface area contributed by atoms with Crippen LogP contribution in [0.4, 0.5) is 0 Å². The number of nitrogens with zero attached hydrogens (tertiary/aromatic N) is 3. The molecular weight excluding hydrogens is 340 g/mol. The third-order valence-electron chi connectivity index (χ3n) is 3.94. The highest BCUT2D eigenvalue weighted by Crippen LogP contribution is 2.33. The number of benzene rings is 1. The van der Waals surface area contributed by atoms with Crippen molar-refractivity contribution >= 4 is 11.2 Å². The smallest absolute Gasteiger partial charge is 0.178 e. The highest BCUT2D eigenvalue weighted by atomic mass is 16.5. The van der Waals surface area contributed by atoms with E-state index in [1.165, 1.54) is 0 Å². The number of aromatic amines is 1. The third-order valence-corrected chi connectivity index (χ3v) is 3.94. The number of ether oxygens (including phenoxy) is 2. The molecule has 27 heavy (non-hydrogen) atoms. The Bertz CT molecular complexity index is 1010. The first kappa shape index (κ1) is 17.0. The van der Waals surface area contributed by atoms with Gasteiger partial charge in [0.25, 0.3) is 0 Å². The van der Waals surface area contributed by atoms with Crippen LogP contribution in [0.25, 0.3) is 22.6 Å². The second-order valence-corrected chi connectivity index (χ2v) is 6.39. The van der Waals surface area contributed by atoms with Crippen LogP contribution < -0.4 is 9.47 Å².